The highest BCUT2D eigenvalue weighted by Crippen LogP contribution is 2.12. The molecule has 0 aliphatic rings. The van der Waals surface area contributed by atoms with E-state index in [0.29, 0.717) is 6.54 Å². The molecule has 0 aliphatic heterocycles. The van der Waals surface area contributed by atoms with Crippen molar-refractivity contribution < 1.29 is 0 Å². The summed E-state index contributed by atoms with van der Waals surface area (Å²) in [6.45, 7) is 7.42. The molecular formula is C14H20N6. The Morgan fingerprint density at radius 1 is 1.00 bits per heavy atom. The first-order chi connectivity index (χ1) is 9.67. The standard InChI is InChI=1S/C14H20N6/c1-4-5-15-13-6-14(20-11(3)19-13)18-9-12-8-16-10(2)7-17-12/h6-8H,4-5,9H2,1-3H3,(H2,15,18,19,20). The molecule has 20 heavy (non-hydrogen) atoms. The van der Waals surface area contributed by atoms with Crippen LogP contribution in [-0.4, -0.2) is 26.5 Å². The van der Waals surface area contributed by atoms with Crippen molar-refractivity contribution in [2.24, 2.45) is 0 Å². The van der Waals surface area contributed by atoms with Gasteiger partial charge in [-0.15, -0.1) is 0 Å². The fourth-order valence-electron chi connectivity index (χ4n) is 1.69. The normalized spacial score (nSPS) is 10.3. The average Bonchev–Trinajstić information content (AvgIpc) is 2.44. The summed E-state index contributed by atoms with van der Waals surface area (Å²) in [5.74, 6) is 2.37. The second-order valence-corrected chi connectivity index (χ2v) is 4.62. The van der Waals surface area contributed by atoms with Gasteiger partial charge in [-0.2, -0.15) is 0 Å². The van der Waals surface area contributed by atoms with E-state index in [-0.39, 0.29) is 0 Å². The zero-order valence-electron chi connectivity index (χ0n) is 12.1. The molecule has 0 fully saturated rings. The Kier molecular flexibility index (Phi) is 4.81. The molecule has 0 atom stereocenters. The lowest BCUT2D eigenvalue weighted by Crippen LogP contribution is -2.08. The lowest BCUT2D eigenvalue weighted by Gasteiger charge is -2.09. The van der Waals surface area contributed by atoms with Crippen LogP contribution in [0.2, 0.25) is 0 Å². The number of anilines is 2. The lowest BCUT2D eigenvalue weighted by atomic mass is 10.4. The maximum Gasteiger partial charge on any atom is 0.132 e. The number of hydrogen-bond acceptors (Lipinski definition) is 6. The summed E-state index contributed by atoms with van der Waals surface area (Å²) in [5, 5.41) is 6.51. The summed E-state index contributed by atoms with van der Waals surface area (Å²) in [7, 11) is 0. The Labute approximate surface area is 119 Å². The van der Waals surface area contributed by atoms with Gasteiger partial charge in [-0.1, -0.05) is 6.92 Å². The Bertz CT molecular complexity index is 552. The Hall–Kier alpha value is -2.24. The number of aryl methyl sites for hydroxylation is 2. The van der Waals surface area contributed by atoms with Crippen LogP contribution in [0.25, 0.3) is 0 Å². The Morgan fingerprint density at radius 2 is 1.75 bits per heavy atom. The third kappa shape index (κ3) is 4.15. The number of nitrogens with zero attached hydrogens (tertiary/aromatic N) is 4. The van der Waals surface area contributed by atoms with Crippen molar-refractivity contribution in [1.29, 1.82) is 0 Å². The van der Waals surface area contributed by atoms with Crippen molar-refractivity contribution in [2.45, 2.75) is 33.7 Å². The first kappa shape index (κ1) is 14.2. The van der Waals surface area contributed by atoms with Crippen LogP contribution in [0, 0.1) is 13.8 Å². The molecule has 106 valence electrons. The SMILES string of the molecule is CCCNc1cc(NCc2cnc(C)cn2)nc(C)n1. The molecular weight excluding hydrogens is 252 g/mol. The van der Waals surface area contributed by atoms with Crippen molar-refractivity contribution >= 4 is 11.6 Å². The molecule has 0 aliphatic carbocycles. The van der Waals surface area contributed by atoms with E-state index in [4.69, 9.17) is 0 Å². The van der Waals surface area contributed by atoms with Gasteiger partial charge in [0.05, 0.1) is 24.1 Å². The molecule has 0 aromatic carbocycles. The third-order valence-corrected chi connectivity index (χ3v) is 2.68. The second-order valence-electron chi connectivity index (χ2n) is 4.62. The molecule has 2 heterocycles. The quantitative estimate of drug-likeness (QED) is 0.840. The highest BCUT2D eigenvalue weighted by Gasteiger charge is 2.02. The van der Waals surface area contributed by atoms with E-state index in [1.807, 2.05) is 19.9 Å². The van der Waals surface area contributed by atoms with Gasteiger partial charge in [0.2, 0.25) is 0 Å². The molecule has 0 saturated carbocycles. The van der Waals surface area contributed by atoms with E-state index in [9.17, 15) is 0 Å². The van der Waals surface area contributed by atoms with Crippen molar-refractivity contribution in [2.75, 3.05) is 17.2 Å². The molecule has 2 aromatic heterocycles. The van der Waals surface area contributed by atoms with E-state index < -0.39 is 0 Å². The molecule has 2 rings (SSSR count). The smallest absolute Gasteiger partial charge is 0.132 e. The molecule has 0 radical (unpaired) electrons. The van der Waals surface area contributed by atoms with Crippen LogP contribution in [-0.2, 0) is 6.54 Å². The van der Waals surface area contributed by atoms with E-state index >= 15 is 0 Å². The fraction of sp³-hybridized carbons (Fsp3) is 0.429. The number of nitrogens with one attached hydrogen (secondary N) is 2. The largest absolute Gasteiger partial charge is 0.370 e. The number of rotatable bonds is 6. The van der Waals surface area contributed by atoms with E-state index in [2.05, 4.69) is 37.5 Å². The first-order valence-electron chi connectivity index (χ1n) is 6.78. The topological polar surface area (TPSA) is 75.6 Å². The molecule has 0 bridgehead atoms. The zero-order valence-corrected chi connectivity index (χ0v) is 12.1. The van der Waals surface area contributed by atoms with Crippen molar-refractivity contribution in [1.82, 2.24) is 19.9 Å². The van der Waals surface area contributed by atoms with Crippen LogP contribution in [0.3, 0.4) is 0 Å². The summed E-state index contributed by atoms with van der Waals surface area (Å²) in [5.41, 5.74) is 1.80. The van der Waals surface area contributed by atoms with Gasteiger partial charge in [0.25, 0.3) is 0 Å². The summed E-state index contributed by atoms with van der Waals surface area (Å²) in [6.07, 6.45) is 4.59. The molecule has 0 saturated heterocycles. The van der Waals surface area contributed by atoms with Crippen molar-refractivity contribution in [3.05, 3.63) is 35.7 Å². The molecule has 0 spiro atoms. The van der Waals surface area contributed by atoms with Gasteiger partial charge >= 0.3 is 0 Å². The summed E-state index contributed by atoms with van der Waals surface area (Å²) in [4.78, 5) is 17.2. The van der Waals surface area contributed by atoms with E-state index in [1.165, 1.54) is 0 Å². The van der Waals surface area contributed by atoms with Gasteiger partial charge in [-0.25, -0.2) is 9.97 Å². The molecule has 2 N–H and O–H groups in total. The molecule has 0 unspecified atom stereocenters. The minimum absolute atomic E-state index is 0.594. The minimum Gasteiger partial charge on any atom is -0.370 e. The van der Waals surface area contributed by atoms with Crippen molar-refractivity contribution in [3.63, 3.8) is 0 Å². The highest BCUT2D eigenvalue weighted by atomic mass is 15.1. The van der Waals surface area contributed by atoms with Crippen molar-refractivity contribution in [3.8, 4) is 0 Å². The van der Waals surface area contributed by atoms with Crippen LogP contribution < -0.4 is 10.6 Å². The van der Waals surface area contributed by atoms with Gasteiger partial charge in [0, 0.05) is 18.8 Å². The van der Waals surface area contributed by atoms with Gasteiger partial charge in [0.1, 0.15) is 17.5 Å². The zero-order chi connectivity index (χ0) is 14.4. The molecule has 6 nitrogen and oxygen atoms in total. The Morgan fingerprint density at radius 3 is 2.40 bits per heavy atom. The monoisotopic (exact) mass is 272 g/mol. The second kappa shape index (κ2) is 6.79. The van der Waals surface area contributed by atoms with Crippen LogP contribution in [0.1, 0.15) is 30.6 Å². The van der Waals surface area contributed by atoms with Gasteiger partial charge in [-0.3, -0.25) is 9.97 Å². The predicted octanol–water partition coefficient (Wildman–Crippen LogP) is 2.32. The molecule has 6 heteroatoms. The summed E-state index contributed by atoms with van der Waals surface area (Å²) >= 11 is 0. The summed E-state index contributed by atoms with van der Waals surface area (Å²) < 4.78 is 0. The number of hydrogen-bond donors (Lipinski definition) is 2. The fourth-order valence-corrected chi connectivity index (χ4v) is 1.69. The van der Waals surface area contributed by atoms with Gasteiger partial charge in [0.15, 0.2) is 0 Å². The van der Waals surface area contributed by atoms with Crippen LogP contribution >= 0.6 is 0 Å². The highest BCUT2D eigenvalue weighted by molar-refractivity contribution is 5.47. The Balaban J connectivity index is 2.01. The van der Waals surface area contributed by atoms with E-state index in [0.717, 1.165) is 41.8 Å². The lowest BCUT2D eigenvalue weighted by molar-refractivity contribution is 0.942. The van der Waals surface area contributed by atoms with E-state index in [1.54, 1.807) is 12.4 Å². The first-order valence-corrected chi connectivity index (χ1v) is 6.78. The maximum absolute atomic E-state index is 4.36. The van der Waals surface area contributed by atoms with Crippen LogP contribution in [0.5, 0.6) is 0 Å². The average molecular weight is 272 g/mol. The summed E-state index contributed by atoms with van der Waals surface area (Å²) in [6, 6.07) is 1.91. The number of aromatic nitrogens is 4. The van der Waals surface area contributed by atoms with Crippen LogP contribution in [0.4, 0.5) is 11.6 Å². The van der Waals surface area contributed by atoms with Gasteiger partial charge < -0.3 is 10.6 Å². The molecule has 0 amide bonds. The predicted molar refractivity (Wildman–Crippen MR) is 79.6 cm³/mol. The molecule has 2 aromatic rings. The van der Waals surface area contributed by atoms with Gasteiger partial charge in [-0.05, 0) is 20.3 Å². The maximum atomic E-state index is 4.36. The third-order valence-electron chi connectivity index (χ3n) is 2.68. The minimum atomic E-state index is 0.594. The van der Waals surface area contributed by atoms with Crippen LogP contribution in [0.15, 0.2) is 18.5 Å².